The molecule has 0 aromatic heterocycles. The first-order valence-corrected chi connectivity index (χ1v) is 16.8. The summed E-state index contributed by atoms with van der Waals surface area (Å²) in [5.41, 5.74) is 2.48. The van der Waals surface area contributed by atoms with Crippen molar-refractivity contribution >= 4 is 32.6 Å². The zero-order valence-electron chi connectivity index (χ0n) is 27.1. The quantitative estimate of drug-likeness (QED) is 0.268. The Kier molecular flexibility index (Phi) is 14.6. The summed E-state index contributed by atoms with van der Waals surface area (Å²) >= 11 is 0. The zero-order chi connectivity index (χ0) is 31.9. The molecule has 0 saturated carbocycles. The van der Waals surface area contributed by atoms with Gasteiger partial charge in [0, 0.05) is 6.16 Å². The van der Waals surface area contributed by atoms with Gasteiger partial charge in [-0.3, -0.25) is 4.57 Å². The molecule has 0 radical (unpaired) electrons. The molecule has 0 spiro atoms. The minimum Gasteiger partial charge on any atom is -0.810 e. The molecule has 12 heteroatoms. The maximum atomic E-state index is 11.2. The Hall–Kier alpha value is -1.17. The van der Waals surface area contributed by atoms with Crippen molar-refractivity contribution in [3.8, 4) is 11.5 Å². The number of hydrogen-bond donors (Lipinski definition) is 4. The Morgan fingerprint density at radius 3 is 0.952 bits per heavy atom. The SMILES string of the molecule is CC(C)(C)c1cc(CP(=O)(O)O)cc(C(C)(C)C)c1O.CC(C)(C)c1cc(CP(=O)([O-])[O-])cc(C(C)(C)C)c1O.O.[Al+3]. The molecule has 0 aliphatic carbocycles. The van der Waals surface area contributed by atoms with Crippen LogP contribution in [0.5, 0.6) is 11.5 Å². The molecule has 2 rings (SSSR count). The Bertz CT molecular complexity index is 1130. The normalized spacial score (nSPS) is 13.0. The van der Waals surface area contributed by atoms with Crippen LogP contribution in [0, 0.1) is 0 Å². The largest absolute Gasteiger partial charge is 3.00 e. The van der Waals surface area contributed by atoms with Gasteiger partial charge in [0.2, 0.25) is 0 Å². The average Bonchev–Trinajstić information content (AvgIpc) is 2.65. The Morgan fingerprint density at radius 2 is 0.786 bits per heavy atom. The second-order valence-corrected chi connectivity index (χ2v) is 17.9. The van der Waals surface area contributed by atoms with E-state index in [0.29, 0.717) is 33.4 Å². The third-order valence-corrected chi connectivity index (χ3v) is 7.87. The summed E-state index contributed by atoms with van der Waals surface area (Å²) in [6, 6.07) is 6.63. The first-order chi connectivity index (χ1) is 17.4. The standard InChI is InChI=1S/2C15H25O4P.Al.H2O/c2*1-14(2,3)11-7-10(9-20(17,18)19)8-12(13(11)16)15(4,5)6;;/h2*7-8,16H,9H2,1-6H3,(H2,17,18,19);;1H2/q;;+3;/p-2. The van der Waals surface area contributed by atoms with Crippen LogP contribution in [0.25, 0.3) is 0 Å². The molecule has 0 saturated heterocycles. The summed E-state index contributed by atoms with van der Waals surface area (Å²) in [5.74, 6) is 0.403. The van der Waals surface area contributed by atoms with Crippen LogP contribution in [-0.2, 0) is 43.1 Å². The number of rotatable bonds is 4. The number of hydrogen-bond acceptors (Lipinski definition) is 6. The van der Waals surface area contributed by atoms with Crippen molar-refractivity contribution in [3.05, 3.63) is 57.6 Å². The Balaban J connectivity index is 0. The Labute approximate surface area is 262 Å². The first kappa shape index (κ1) is 43.0. The van der Waals surface area contributed by atoms with E-state index in [1.165, 1.54) is 0 Å². The van der Waals surface area contributed by atoms with E-state index in [0.717, 1.165) is 0 Å². The molecule has 2 aromatic rings. The smallest absolute Gasteiger partial charge is 0.810 e. The van der Waals surface area contributed by atoms with E-state index in [2.05, 4.69) is 0 Å². The molecular weight excluding hydrogens is 593 g/mol. The van der Waals surface area contributed by atoms with Crippen LogP contribution in [0.1, 0.15) is 116 Å². The van der Waals surface area contributed by atoms with Gasteiger partial charge in [0.05, 0.1) is 6.16 Å². The molecule has 0 fully saturated rings. The average molecular weight is 644 g/mol. The fraction of sp³-hybridized carbons (Fsp3) is 0.600. The third kappa shape index (κ3) is 13.2. The van der Waals surface area contributed by atoms with E-state index in [-0.39, 0.29) is 62.2 Å². The summed E-state index contributed by atoms with van der Waals surface area (Å²) in [5, 5.41) is 20.9. The van der Waals surface area contributed by atoms with E-state index in [4.69, 9.17) is 0 Å². The molecule has 0 atom stereocenters. The maximum absolute atomic E-state index is 11.2. The van der Waals surface area contributed by atoms with Crippen molar-refractivity contribution in [1.29, 1.82) is 0 Å². The first-order valence-electron chi connectivity index (χ1n) is 13.2. The van der Waals surface area contributed by atoms with Crippen molar-refractivity contribution in [1.82, 2.24) is 0 Å². The van der Waals surface area contributed by atoms with Gasteiger partial charge in [-0.15, -0.1) is 0 Å². The topological polar surface area (TPSA) is 193 Å². The van der Waals surface area contributed by atoms with Crippen molar-refractivity contribution in [2.24, 2.45) is 0 Å². The van der Waals surface area contributed by atoms with Crippen LogP contribution in [0.4, 0.5) is 0 Å². The minimum atomic E-state index is -4.63. The molecule has 0 bridgehead atoms. The van der Waals surface area contributed by atoms with E-state index >= 15 is 0 Å². The third-order valence-electron chi connectivity index (χ3n) is 6.34. The van der Waals surface area contributed by atoms with Crippen molar-refractivity contribution in [2.45, 2.75) is 117 Å². The second kappa shape index (κ2) is 14.3. The minimum absolute atomic E-state index is 0. The predicted molar refractivity (Wildman–Crippen MR) is 167 cm³/mol. The fourth-order valence-corrected chi connectivity index (χ4v) is 5.61. The van der Waals surface area contributed by atoms with E-state index in [1.807, 2.05) is 83.1 Å². The Morgan fingerprint density at radius 1 is 0.571 bits per heavy atom. The number of phenols is 2. The number of benzene rings is 2. The molecular formula is C30H50AlO9P2+. The van der Waals surface area contributed by atoms with Gasteiger partial charge in [0.15, 0.2) is 0 Å². The van der Waals surface area contributed by atoms with Crippen LogP contribution in [0.15, 0.2) is 24.3 Å². The molecule has 0 aliphatic heterocycles. The predicted octanol–water partition coefficient (Wildman–Crippen LogP) is 4.86. The molecule has 0 aliphatic rings. The molecule has 6 N–H and O–H groups in total. The summed E-state index contributed by atoms with van der Waals surface area (Å²) in [6.45, 7) is 23.4. The van der Waals surface area contributed by atoms with Crippen molar-refractivity contribution in [3.63, 3.8) is 0 Å². The van der Waals surface area contributed by atoms with Gasteiger partial charge in [-0.05, 0) is 55.0 Å². The molecule has 0 amide bonds. The maximum Gasteiger partial charge on any atom is 3.00 e. The van der Waals surface area contributed by atoms with Gasteiger partial charge in [0.25, 0.3) is 0 Å². The monoisotopic (exact) mass is 643 g/mol. The van der Waals surface area contributed by atoms with Crippen LogP contribution in [0.2, 0.25) is 0 Å². The van der Waals surface area contributed by atoms with E-state index in [1.54, 1.807) is 24.3 Å². The summed E-state index contributed by atoms with van der Waals surface area (Å²) in [6.07, 6.45) is -0.834. The zero-order valence-corrected chi connectivity index (χ0v) is 30.1. The molecule has 0 heterocycles. The van der Waals surface area contributed by atoms with Crippen LogP contribution < -0.4 is 9.79 Å². The van der Waals surface area contributed by atoms with E-state index in [9.17, 15) is 38.9 Å². The molecule has 2 aromatic carbocycles. The molecule has 9 nitrogen and oxygen atoms in total. The van der Waals surface area contributed by atoms with Gasteiger partial charge >= 0.3 is 25.0 Å². The van der Waals surface area contributed by atoms with Crippen LogP contribution >= 0.6 is 15.2 Å². The summed E-state index contributed by atoms with van der Waals surface area (Å²) < 4.78 is 22.3. The fourth-order valence-electron chi connectivity index (χ4n) is 4.32. The number of aromatic hydroxyl groups is 2. The van der Waals surface area contributed by atoms with Crippen LogP contribution in [0.3, 0.4) is 0 Å². The van der Waals surface area contributed by atoms with Gasteiger partial charge in [-0.25, -0.2) is 0 Å². The van der Waals surface area contributed by atoms with Crippen molar-refractivity contribution in [2.75, 3.05) is 0 Å². The summed E-state index contributed by atoms with van der Waals surface area (Å²) in [4.78, 5) is 40.4. The van der Waals surface area contributed by atoms with Gasteiger partial charge < -0.3 is 39.8 Å². The summed E-state index contributed by atoms with van der Waals surface area (Å²) in [7, 11) is -8.76. The van der Waals surface area contributed by atoms with Gasteiger partial charge in [-0.1, -0.05) is 115 Å². The van der Waals surface area contributed by atoms with Gasteiger partial charge in [-0.2, -0.15) is 0 Å². The molecule has 0 unspecified atom stereocenters. The number of phenolic OH excluding ortho intramolecular Hbond substituents is 2. The molecule has 42 heavy (non-hydrogen) atoms. The van der Waals surface area contributed by atoms with E-state index < -0.39 is 21.4 Å². The second-order valence-electron chi connectivity index (χ2n) is 14.7. The molecule has 236 valence electrons. The van der Waals surface area contributed by atoms with Gasteiger partial charge in [0.1, 0.15) is 11.5 Å². The van der Waals surface area contributed by atoms with Crippen molar-refractivity contribution < 1.29 is 44.4 Å². The van der Waals surface area contributed by atoms with Crippen LogP contribution in [-0.4, -0.2) is 42.8 Å².